The Morgan fingerprint density at radius 1 is 1.50 bits per heavy atom. The summed E-state index contributed by atoms with van der Waals surface area (Å²) < 4.78 is 0. The molecule has 1 aliphatic carbocycles. The summed E-state index contributed by atoms with van der Waals surface area (Å²) in [5.41, 5.74) is 5.90. The minimum atomic E-state index is 0.0425. The molecule has 0 aromatic carbocycles. The fourth-order valence-electron chi connectivity index (χ4n) is 1.20. The van der Waals surface area contributed by atoms with Crippen LogP contribution in [0.15, 0.2) is 4.99 Å². The molecule has 0 aromatic rings. The predicted octanol–water partition coefficient (Wildman–Crippen LogP) is 2.19. The van der Waals surface area contributed by atoms with Crippen molar-refractivity contribution in [3.63, 3.8) is 0 Å². The Morgan fingerprint density at radius 2 is 2.08 bits per heavy atom. The van der Waals surface area contributed by atoms with Crippen molar-refractivity contribution < 1.29 is 0 Å². The Labute approximate surface area is 75.3 Å². The first-order chi connectivity index (χ1) is 5.45. The Bertz CT molecular complexity index is 189. The molecule has 0 bridgehead atoms. The van der Waals surface area contributed by atoms with Gasteiger partial charge in [0, 0.05) is 5.41 Å². The highest BCUT2D eigenvalue weighted by molar-refractivity contribution is 5.85. The van der Waals surface area contributed by atoms with Crippen LogP contribution in [0, 0.1) is 11.3 Å². The largest absolute Gasteiger partial charge is 0.387 e. The minimum absolute atomic E-state index is 0.0425. The van der Waals surface area contributed by atoms with E-state index in [9.17, 15) is 0 Å². The van der Waals surface area contributed by atoms with Gasteiger partial charge in [-0.15, -0.1) is 0 Å². The SMILES string of the molecule is CCC1CC1N=C(N)C(C)(C)C. The molecule has 2 N–H and O–H groups in total. The van der Waals surface area contributed by atoms with Crippen molar-refractivity contribution in [3.05, 3.63) is 0 Å². The molecule has 1 rings (SSSR count). The standard InChI is InChI=1S/C10H20N2/c1-5-7-6-8(7)12-9(11)10(2,3)4/h7-8H,5-6H2,1-4H3,(H2,11,12). The molecule has 2 heteroatoms. The third-order valence-corrected chi connectivity index (χ3v) is 2.48. The zero-order valence-corrected chi connectivity index (χ0v) is 8.59. The summed E-state index contributed by atoms with van der Waals surface area (Å²) in [6.07, 6.45) is 2.48. The molecule has 0 aromatic heterocycles. The third kappa shape index (κ3) is 2.23. The summed E-state index contributed by atoms with van der Waals surface area (Å²) in [6.45, 7) is 8.53. The second-order valence-electron chi connectivity index (χ2n) is 4.74. The van der Waals surface area contributed by atoms with E-state index in [1.54, 1.807) is 0 Å². The molecular weight excluding hydrogens is 148 g/mol. The lowest BCUT2D eigenvalue weighted by Gasteiger charge is -2.17. The summed E-state index contributed by atoms with van der Waals surface area (Å²) in [4.78, 5) is 4.51. The van der Waals surface area contributed by atoms with E-state index in [-0.39, 0.29) is 5.41 Å². The number of nitrogens with two attached hydrogens (primary N) is 1. The van der Waals surface area contributed by atoms with Crippen LogP contribution in [0.25, 0.3) is 0 Å². The van der Waals surface area contributed by atoms with E-state index in [2.05, 4.69) is 32.7 Å². The normalized spacial score (nSPS) is 30.5. The molecule has 0 aliphatic heterocycles. The highest BCUT2D eigenvalue weighted by Gasteiger charge is 2.36. The number of hydrogen-bond donors (Lipinski definition) is 1. The molecular formula is C10H20N2. The molecule has 0 saturated heterocycles. The van der Waals surface area contributed by atoms with Crippen LogP contribution < -0.4 is 5.73 Å². The average molecular weight is 168 g/mol. The van der Waals surface area contributed by atoms with Gasteiger partial charge in [0.15, 0.2) is 0 Å². The number of nitrogens with zero attached hydrogens (tertiary/aromatic N) is 1. The van der Waals surface area contributed by atoms with E-state index in [4.69, 9.17) is 5.73 Å². The average Bonchev–Trinajstić information content (AvgIpc) is 2.65. The van der Waals surface area contributed by atoms with Gasteiger partial charge in [0.1, 0.15) is 0 Å². The molecule has 2 atom stereocenters. The Hall–Kier alpha value is -0.530. The van der Waals surface area contributed by atoms with Crippen molar-refractivity contribution in [2.75, 3.05) is 0 Å². The molecule has 70 valence electrons. The molecule has 2 nitrogen and oxygen atoms in total. The van der Waals surface area contributed by atoms with Gasteiger partial charge in [-0.3, -0.25) is 4.99 Å². The lowest BCUT2D eigenvalue weighted by atomic mass is 9.95. The maximum atomic E-state index is 5.86. The van der Waals surface area contributed by atoms with Crippen LogP contribution in [-0.4, -0.2) is 11.9 Å². The molecule has 0 spiro atoms. The summed E-state index contributed by atoms with van der Waals surface area (Å²) in [5, 5.41) is 0. The molecule has 1 aliphatic rings. The topological polar surface area (TPSA) is 38.4 Å². The monoisotopic (exact) mass is 168 g/mol. The number of hydrogen-bond acceptors (Lipinski definition) is 1. The fourth-order valence-corrected chi connectivity index (χ4v) is 1.20. The van der Waals surface area contributed by atoms with E-state index in [1.165, 1.54) is 12.8 Å². The molecule has 0 amide bonds. The number of amidine groups is 1. The van der Waals surface area contributed by atoms with Crippen molar-refractivity contribution in [1.29, 1.82) is 0 Å². The molecule has 0 radical (unpaired) electrons. The van der Waals surface area contributed by atoms with E-state index < -0.39 is 0 Å². The second kappa shape index (κ2) is 3.08. The Morgan fingerprint density at radius 3 is 2.42 bits per heavy atom. The molecule has 0 heterocycles. The zero-order valence-electron chi connectivity index (χ0n) is 8.59. The summed E-state index contributed by atoms with van der Waals surface area (Å²) in [7, 11) is 0. The smallest absolute Gasteiger partial charge is 0.0994 e. The van der Waals surface area contributed by atoms with Crippen molar-refractivity contribution in [2.24, 2.45) is 22.1 Å². The summed E-state index contributed by atoms with van der Waals surface area (Å²) in [6, 6.07) is 0.536. The molecule has 1 saturated carbocycles. The van der Waals surface area contributed by atoms with Crippen molar-refractivity contribution in [2.45, 2.75) is 46.6 Å². The van der Waals surface area contributed by atoms with E-state index in [0.717, 1.165) is 11.8 Å². The highest BCUT2D eigenvalue weighted by Crippen LogP contribution is 2.37. The summed E-state index contributed by atoms with van der Waals surface area (Å²) in [5.74, 6) is 1.62. The first-order valence-electron chi connectivity index (χ1n) is 4.79. The Kier molecular flexibility index (Phi) is 2.45. The van der Waals surface area contributed by atoms with Crippen LogP contribution in [0.3, 0.4) is 0 Å². The van der Waals surface area contributed by atoms with Gasteiger partial charge in [-0.05, 0) is 12.3 Å². The van der Waals surface area contributed by atoms with Crippen molar-refractivity contribution in [1.82, 2.24) is 0 Å². The zero-order chi connectivity index (χ0) is 9.35. The van der Waals surface area contributed by atoms with Crippen LogP contribution in [-0.2, 0) is 0 Å². The van der Waals surface area contributed by atoms with Crippen LogP contribution in [0.1, 0.15) is 40.5 Å². The molecule has 12 heavy (non-hydrogen) atoms. The van der Waals surface area contributed by atoms with E-state index in [0.29, 0.717) is 6.04 Å². The van der Waals surface area contributed by atoms with Crippen molar-refractivity contribution in [3.8, 4) is 0 Å². The molecule has 2 unspecified atom stereocenters. The van der Waals surface area contributed by atoms with Gasteiger partial charge in [-0.25, -0.2) is 0 Å². The van der Waals surface area contributed by atoms with Gasteiger partial charge in [-0.1, -0.05) is 34.1 Å². The third-order valence-electron chi connectivity index (χ3n) is 2.48. The first-order valence-corrected chi connectivity index (χ1v) is 4.79. The van der Waals surface area contributed by atoms with E-state index in [1.807, 2.05) is 0 Å². The lowest BCUT2D eigenvalue weighted by molar-refractivity contribution is 0.579. The van der Waals surface area contributed by atoms with Crippen LogP contribution >= 0.6 is 0 Å². The van der Waals surface area contributed by atoms with Crippen LogP contribution in [0.2, 0.25) is 0 Å². The second-order valence-corrected chi connectivity index (χ2v) is 4.74. The summed E-state index contributed by atoms with van der Waals surface area (Å²) >= 11 is 0. The number of rotatable bonds is 2. The highest BCUT2D eigenvalue weighted by atomic mass is 14.9. The van der Waals surface area contributed by atoms with Gasteiger partial charge in [0.25, 0.3) is 0 Å². The van der Waals surface area contributed by atoms with Crippen LogP contribution in [0.5, 0.6) is 0 Å². The maximum absolute atomic E-state index is 5.86. The van der Waals surface area contributed by atoms with Gasteiger partial charge in [-0.2, -0.15) is 0 Å². The van der Waals surface area contributed by atoms with Crippen molar-refractivity contribution >= 4 is 5.84 Å². The van der Waals surface area contributed by atoms with Gasteiger partial charge in [0.2, 0.25) is 0 Å². The predicted molar refractivity (Wildman–Crippen MR) is 53.3 cm³/mol. The van der Waals surface area contributed by atoms with Gasteiger partial charge < -0.3 is 5.73 Å². The molecule has 1 fully saturated rings. The van der Waals surface area contributed by atoms with Crippen LogP contribution in [0.4, 0.5) is 0 Å². The minimum Gasteiger partial charge on any atom is -0.387 e. The first kappa shape index (κ1) is 9.56. The number of aliphatic imine (C=N–C) groups is 1. The lowest BCUT2D eigenvalue weighted by Crippen LogP contribution is -2.29. The maximum Gasteiger partial charge on any atom is 0.0994 e. The van der Waals surface area contributed by atoms with Gasteiger partial charge in [0.05, 0.1) is 11.9 Å². The Balaban J connectivity index is 2.48. The fraction of sp³-hybridized carbons (Fsp3) is 0.900. The van der Waals surface area contributed by atoms with E-state index >= 15 is 0 Å². The quantitative estimate of drug-likeness (QED) is 0.498. The van der Waals surface area contributed by atoms with Gasteiger partial charge >= 0.3 is 0 Å².